The van der Waals surface area contributed by atoms with Crippen LogP contribution in [0.1, 0.15) is 42.5 Å². The van der Waals surface area contributed by atoms with E-state index in [2.05, 4.69) is 5.32 Å². The molecule has 0 saturated heterocycles. The maximum Gasteiger partial charge on any atom is 0.251 e. The van der Waals surface area contributed by atoms with Gasteiger partial charge in [-0.3, -0.25) is 4.79 Å². The van der Waals surface area contributed by atoms with E-state index < -0.39 is 0 Å². The predicted molar refractivity (Wildman–Crippen MR) is 91.6 cm³/mol. The summed E-state index contributed by atoms with van der Waals surface area (Å²) in [7, 11) is 0. The van der Waals surface area contributed by atoms with Gasteiger partial charge in [-0.2, -0.15) is 0 Å². The molecule has 0 bridgehead atoms. The van der Waals surface area contributed by atoms with Crippen molar-refractivity contribution < 1.29 is 14.3 Å². The summed E-state index contributed by atoms with van der Waals surface area (Å²) in [6.45, 7) is 1.90. The molecule has 23 heavy (non-hydrogen) atoms. The fourth-order valence-corrected chi connectivity index (χ4v) is 3.24. The van der Waals surface area contributed by atoms with Crippen LogP contribution in [0.3, 0.4) is 0 Å². The number of halogens is 1. The molecule has 6 heteroatoms. The fourth-order valence-electron chi connectivity index (χ4n) is 3.24. The van der Waals surface area contributed by atoms with Crippen LogP contribution in [-0.2, 0) is 0 Å². The van der Waals surface area contributed by atoms with Crippen LogP contribution in [0.25, 0.3) is 0 Å². The van der Waals surface area contributed by atoms with Gasteiger partial charge in [0.2, 0.25) is 0 Å². The van der Waals surface area contributed by atoms with E-state index in [-0.39, 0.29) is 24.4 Å². The van der Waals surface area contributed by atoms with E-state index in [1.165, 1.54) is 6.42 Å². The first kappa shape index (κ1) is 17.9. The van der Waals surface area contributed by atoms with Gasteiger partial charge in [0, 0.05) is 18.0 Å². The molecule has 0 spiro atoms. The minimum atomic E-state index is -0.0546. The first-order valence-corrected chi connectivity index (χ1v) is 8.18. The number of nitrogens with two attached hydrogens (primary N) is 1. The van der Waals surface area contributed by atoms with Crippen molar-refractivity contribution in [2.75, 3.05) is 19.8 Å². The lowest BCUT2D eigenvalue weighted by Crippen LogP contribution is -2.44. The van der Waals surface area contributed by atoms with Gasteiger partial charge in [0.25, 0.3) is 5.91 Å². The summed E-state index contributed by atoms with van der Waals surface area (Å²) < 4.78 is 11.2. The molecule has 1 heterocycles. The molecule has 0 radical (unpaired) electrons. The molecule has 3 rings (SSSR count). The van der Waals surface area contributed by atoms with Crippen LogP contribution in [0.4, 0.5) is 0 Å². The normalized spacial score (nSPS) is 23.3. The summed E-state index contributed by atoms with van der Waals surface area (Å²) in [5.74, 6) is 1.70. The van der Waals surface area contributed by atoms with Crippen molar-refractivity contribution in [1.29, 1.82) is 0 Å². The molecule has 1 aliphatic carbocycles. The third kappa shape index (κ3) is 4.30. The Hall–Kier alpha value is -1.46. The van der Waals surface area contributed by atoms with Gasteiger partial charge in [-0.05, 0) is 43.5 Å². The molecule has 3 N–H and O–H groups in total. The van der Waals surface area contributed by atoms with E-state index in [1.54, 1.807) is 12.1 Å². The number of hydrogen-bond acceptors (Lipinski definition) is 4. The quantitative estimate of drug-likeness (QED) is 0.886. The second-order valence-corrected chi connectivity index (χ2v) is 6.07. The van der Waals surface area contributed by atoms with Crippen LogP contribution >= 0.6 is 12.4 Å². The van der Waals surface area contributed by atoms with Crippen molar-refractivity contribution in [3.8, 4) is 11.5 Å². The molecule has 1 aliphatic heterocycles. The molecule has 1 fully saturated rings. The molecule has 128 valence electrons. The molecule has 1 saturated carbocycles. The van der Waals surface area contributed by atoms with E-state index in [1.807, 2.05) is 6.07 Å². The molecule has 2 aliphatic rings. The number of ether oxygens (including phenoxy) is 2. The third-order valence-electron chi connectivity index (χ3n) is 4.54. The lowest BCUT2D eigenvalue weighted by molar-refractivity contribution is 0.0907. The molecule has 1 aromatic rings. The molecule has 2 atom stereocenters. The van der Waals surface area contributed by atoms with E-state index in [0.717, 1.165) is 25.7 Å². The number of fused-ring (bicyclic) bond motifs is 1. The number of nitrogens with one attached hydrogen (secondary N) is 1. The lowest BCUT2D eigenvalue weighted by atomic mass is 9.84. The van der Waals surface area contributed by atoms with Crippen LogP contribution in [0.2, 0.25) is 0 Å². The van der Waals surface area contributed by atoms with Gasteiger partial charge in [0.15, 0.2) is 11.5 Å². The third-order valence-corrected chi connectivity index (χ3v) is 4.54. The van der Waals surface area contributed by atoms with Gasteiger partial charge in [-0.25, -0.2) is 0 Å². The minimum Gasteiger partial charge on any atom is -0.490 e. The van der Waals surface area contributed by atoms with Crippen molar-refractivity contribution in [2.24, 2.45) is 11.7 Å². The van der Waals surface area contributed by atoms with Gasteiger partial charge in [0.05, 0.1) is 13.2 Å². The topological polar surface area (TPSA) is 73.6 Å². The largest absolute Gasteiger partial charge is 0.490 e. The smallest absolute Gasteiger partial charge is 0.251 e. The highest BCUT2D eigenvalue weighted by Crippen LogP contribution is 2.31. The summed E-state index contributed by atoms with van der Waals surface area (Å²) in [4.78, 5) is 12.5. The Morgan fingerprint density at radius 1 is 1.13 bits per heavy atom. The van der Waals surface area contributed by atoms with Crippen molar-refractivity contribution in [3.63, 3.8) is 0 Å². The number of hydrogen-bond donors (Lipinski definition) is 2. The second-order valence-electron chi connectivity index (χ2n) is 6.07. The van der Waals surface area contributed by atoms with Gasteiger partial charge < -0.3 is 20.5 Å². The first-order chi connectivity index (χ1) is 10.8. The highest BCUT2D eigenvalue weighted by atomic mass is 35.5. The minimum absolute atomic E-state index is 0. The number of amides is 1. The van der Waals surface area contributed by atoms with Crippen LogP contribution in [0.15, 0.2) is 18.2 Å². The van der Waals surface area contributed by atoms with Gasteiger partial charge in [0.1, 0.15) is 0 Å². The second kappa shape index (κ2) is 8.41. The summed E-state index contributed by atoms with van der Waals surface area (Å²) >= 11 is 0. The number of carbonyl (C=O) groups excluding carboxylic acids is 1. The van der Waals surface area contributed by atoms with Crippen molar-refractivity contribution in [2.45, 2.75) is 38.1 Å². The summed E-state index contributed by atoms with van der Waals surface area (Å²) in [6.07, 6.45) is 5.33. The average molecular weight is 341 g/mol. The van der Waals surface area contributed by atoms with Crippen molar-refractivity contribution in [1.82, 2.24) is 5.32 Å². The predicted octanol–water partition coefficient (Wildman–Crippen LogP) is 2.52. The molecular weight excluding hydrogens is 316 g/mol. The van der Waals surface area contributed by atoms with Crippen molar-refractivity contribution >= 4 is 18.3 Å². The van der Waals surface area contributed by atoms with Crippen LogP contribution in [0.5, 0.6) is 11.5 Å². The van der Waals surface area contributed by atoms with E-state index in [9.17, 15) is 4.79 Å². The number of rotatable bonds is 3. The van der Waals surface area contributed by atoms with Gasteiger partial charge >= 0.3 is 0 Å². The summed E-state index contributed by atoms with van der Waals surface area (Å²) in [5, 5.41) is 3.14. The number of benzene rings is 1. The Balaban J connectivity index is 0.00000192. The van der Waals surface area contributed by atoms with E-state index >= 15 is 0 Å². The highest BCUT2D eigenvalue weighted by molar-refractivity contribution is 5.95. The molecule has 1 aromatic carbocycles. The Kier molecular flexibility index (Phi) is 6.54. The molecule has 1 amide bonds. The molecule has 0 aromatic heterocycles. The van der Waals surface area contributed by atoms with E-state index in [0.29, 0.717) is 42.7 Å². The number of carbonyl (C=O) groups is 1. The van der Waals surface area contributed by atoms with E-state index in [4.69, 9.17) is 15.2 Å². The lowest BCUT2D eigenvalue weighted by Gasteiger charge is -2.31. The SMILES string of the molecule is Cl.NCC1CCCCC1NC(=O)c1ccc2c(c1)OCCCO2. The zero-order valence-corrected chi connectivity index (χ0v) is 14.1. The highest BCUT2D eigenvalue weighted by Gasteiger charge is 2.26. The maximum atomic E-state index is 12.5. The first-order valence-electron chi connectivity index (χ1n) is 8.18. The fraction of sp³-hybridized carbons (Fsp3) is 0.588. The van der Waals surface area contributed by atoms with Crippen molar-refractivity contribution in [3.05, 3.63) is 23.8 Å². The Morgan fingerprint density at radius 2 is 1.87 bits per heavy atom. The summed E-state index contributed by atoms with van der Waals surface area (Å²) in [6, 6.07) is 5.57. The Morgan fingerprint density at radius 3 is 2.65 bits per heavy atom. The van der Waals surface area contributed by atoms with Gasteiger partial charge in [-0.15, -0.1) is 12.4 Å². The van der Waals surface area contributed by atoms with Crippen LogP contribution in [0, 0.1) is 5.92 Å². The summed E-state index contributed by atoms with van der Waals surface area (Å²) in [5.41, 5.74) is 6.45. The molecular formula is C17H25ClN2O3. The van der Waals surface area contributed by atoms with Gasteiger partial charge in [-0.1, -0.05) is 12.8 Å². The van der Waals surface area contributed by atoms with Crippen LogP contribution in [-0.4, -0.2) is 31.7 Å². The maximum absolute atomic E-state index is 12.5. The van der Waals surface area contributed by atoms with Crippen LogP contribution < -0.4 is 20.5 Å². The molecule has 2 unspecified atom stereocenters. The monoisotopic (exact) mass is 340 g/mol. The zero-order valence-electron chi connectivity index (χ0n) is 13.3. The average Bonchev–Trinajstić information content (AvgIpc) is 2.79. The standard InChI is InChI=1S/C17H24N2O3.ClH/c18-11-13-4-1-2-5-14(13)19-17(20)12-6-7-15-16(10-12)22-9-3-8-21-15;/h6-7,10,13-14H,1-5,8-9,11,18H2,(H,19,20);1H. The molecule has 5 nitrogen and oxygen atoms in total. The zero-order chi connectivity index (χ0) is 15.4. The Labute approximate surface area is 143 Å². The Bertz CT molecular complexity index is 539.